The summed E-state index contributed by atoms with van der Waals surface area (Å²) in [4.78, 5) is 24.5. The van der Waals surface area contributed by atoms with Gasteiger partial charge in [0.25, 0.3) is 5.91 Å². The normalized spacial score (nSPS) is 10.3. The predicted octanol–water partition coefficient (Wildman–Crippen LogP) is 3.87. The van der Waals surface area contributed by atoms with Gasteiger partial charge in [-0.3, -0.25) is 10.1 Å². The third kappa shape index (κ3) is 3.49. The van der Waals surface area contributed by atoms with Crippen molar-refractivity contribution in [2.45, 2.75) is 0 Å². The minimum atomic E-state index is -0.572. The average molecular weight is 326 g/mol. The van der Waals surface area contributed by atoms with Gasteiger partial charge in [0.1, 0.15) is 5.75 Å². The summed E-state index contributed by atoms with van der Waals surface area (Å²) in [6, 6.07) is 15.7. The van der Waals surface area contributed by atoms with E-state index in [0.717, 1.165) is 10.1 Å². The molecule has 3 aromatic rings. The Kier molecular flexibility index (Phi) is 4.25. The van der Waals surface area contributed by atoms with Gasteiger partial charge in [0.15, 0.2) is 0 Å². The van der Waals surface area contributed by atoms with Gasteiger partial charge in [-0.25, -0.2) is 4.79 Å². The summed E-state index contributed by atoms with van der Waals surface area (Å²) in [6.45, 7) is 0. The first-order valence-electron chi connectivity index (χ1n) is 6.90. The summed E-state index contributed by atoms with van der Waals surface area (Å²) >= 11 is 1.35. The van der Waals surface area contributed by atoms with E-state index < -0.39 is 11.9 Å². The van der Waals surface area contributed by atoms with Crippen LogP contribution in [0.3, 0.4) is 0 Å². The lowest BCUT2D eigenvalue weighted by atomic mass is 10.2. The maximum Gasteiger partial charge on any atom is 0.326 e. The second kappa shape index (κ2) is 6.50. The van der Waals surface area contributed by atoms with Crippen LogP contribution in [0.1, 0.15) is 9.67 Å². The highest BCUT2D eigenvalue weighted by Crippen LogP contribution is 2.25. The summed E-state index contributed by atoms with van der Waals surface area (Å²) in [6.07, 6.45) is 0. The molecule has 1 aromatic heterocycles. The average Bonchev–Trinajstić information content (AvgIpc) is 2.99. The number of urea groups is 1. The van der Waals surface area contributed by atoms with E-state index in [-0.39, 0.29) is 0 Å². The second-order valence-electron chi connectivity index (χ2n) is 4.79. The van der Waals surface area contributed by atoms with E-state index in [1.807, 2.05) is 24.3 Å². The molecule has 0 aliphatic rings. The van der Waals surface area contributed by atoms with Gasteiger partial charge in [-0.2, -0.15) is 0 Å². The molecule has 0 aliphatic carbocycles. The van der Waals surface area contributed by atoms with Crippen LogP contribution in [0.15, 0.2) is 54.6 Å². The molecule has 116 valence electrons. The molecule has 0 atom stereocenters. The van der Waals surface area contributed by atoms with Gasteiger partial charge in [0.2, 0.25) is 0 Å². The zero-order chi connectivity index (χ0) is 16.2. The number of fused-ring (bicyclic) bond motifs is 1. The molecule has 0 spiro atoms. The van der Waals surface area contributed by atoms with Crippen molar-refractivity contribution in [3.05, 3.63) is 59.5 Å². The van der Waals surface area contributed by atoms with Crippen LogP contribution in [0.5, 0.6) is 5.75 Å². The molecule has 0 saturated heterocycles. The van der Waals surface area contributed by atoms with Gasteiger partial charge >= 0.3 is 6.03 Å². The first-order valence-corrected chi connectivity index (χ1v) is 7.72. The van der Waals surface area contributed by atoms with Crippen molar-refractivity contribution in [3.8, 4) is 5.75 Å². The molecule has 0 unspecified atom stereocenters. The van der Waals surface area contributed by atoms with E-state index in [1.165, 1.54) is 11.3 Å². The van der Waals surface area contributed by atoms with E-state index in [2.05, 4.69) is 10.6 Å². The van der Waals surface area contributed by atoms with Gasteiger partial charge < -0.3 is 10.1 Å². The van der Waals surface area contributed by atoms with Crippen LogP contribution in [-0.2, 0) is 0 Å². The predicted molar refractivity (Wildman–Crippen MR) is 91.3 cm³/mol. The fraction of sp³-hybridized carbons (Fsp3) is 0.0588. The van der Waals surface area contributed by atoms with E-state index in [1.54, 1.807) is 37.4 Å². The summed E-state index contributed by atoms with van der Waals surface area (Å²) in [5, 5.41) is 5.91. The number of imide groups is 1. The molecule has 1 heterocycles. The molecule has 3 rings (SSSR count). The number of amides is 3. The molecule has 0 aliphatic heterocycles. The Bertz CT molecular complexity index is 823. The molecule has 2 N–H and O–H groups in total. The van der Waals surface area contributed by atoms with E-state index >= 15 is 0 Å². The number of ether oxygens (including phenoxy) is 1. The summed E-state index contributed by atoms with van der Waals surface area (Å²) in [5.74, 6) is 0.273. The quantitative estimate of drug-likeness (QED) is 0.768. The molecule has 6 heteroatoms. The van der Waals surface area contributed by atoms with Crippen LogP contribution in [0, 0.1) is 0 Å². The summed E-state index contributed by atoms with van der Waals surface area (Å²) in [7, 11) is 1.57. The fourth-order valence-corrected chi connectivity index (χ4v) is 3.05. The van der Waals surface area contributed by atoms with Gasteiger partial charge in [-0.15, -0.1) is 11.3 Å². The number of benzene rings is 2. The first kappa shape index (κ1) is 15.1. The Labute approximate surface area is 136 Å². The van der Waals surface area contributed by atoms with Crippen LogP contribution in [0.2, 0.25) is 0 Å². The summed E-state index contributed by atoms with van der Waals surface area (Å²) < 4.78 is 6.05. The molecular weight excluding hydrogens is 312 g/mol. The van der Waals surface area contributed by atoms with Crippen LogP contribution in [0.25, 0.3) is 10.1 Å². The Morgan fingerprint density at radius 3 is 2.48 bits per heavy atom. The first-order chi connectivity index (χ1) is 11.2. The largest absolute Gasteiger partial charge is 0.497 e. The number of rotatable bonds is 3. The molecule has 0 radical (unpaired) electrons. The fourth-order valence-electron chi connectivity index (χ4n) is 2.10. The molecule has 5 nitrogen and oxygen atoms in total. The Balaban J connectivity index is 1.65. The maximum absolute atomic E-state index is 12.1. The Morgan fingerprint density at radius 2 is 1.78 bits per heavy atom. The third-order valence-electron chi connectivity index (χ3n) is 3.22. The lowest BCUT2D eigenvalue weighted by molar-refractivity contribution is 0.0971. The van der Waals surface area contributed by atoms with Crippen molar-refractivity contribution >= 4 is 39.0 Å². The second-order valence-corrected chi connectivity index (χ2v) is 5.87. The van der Waals surface area contributed by atoms with Crippen LogP contribution < -0.4 is 15.4 Å². The third-order valence-corrected chi connectivity index (χ3v) is 4.34. The number of carbonyl (C=O) groups is 2. The Hall–Kier alpha value is -2.86. The van der Waals surface area contributed by atoms with E-state index in [4.69, 9.17) is 4.74 Å². The number of hydrogen-bond acceptors (Lipinski definition) is 4. The van der Waals surface area contributed by atoms with Crippen molar-refractivity contribution in [1.82, 2.24) is 5.32 Å². The van der Waals surface area contributed by atoms with Gasteiger partial charge in [-0.05, 0) is 41.8 Å². The Morgan fingerprint density at radius 1 is 1.04 bits per heavy atom. The van der Waals surface area contributed by atoms with Gasteiger partial charge in [-0.1, -0.05) is 18.2 Å². The minimum absolute atomic E-state index is 0.419. The molecule has 0 fully saturated rings. The lowest BCUT2D eigenvalue weighted by Crippen LogP contribution is -2.33. The number of anilines is 1. The van der Waals surface area contributed by atoms with Gasteiger partial charge in [0, 0.05) is 10.4 Å². The highest BCUT2D eigenvalue weighted by atomic mass is 32.1. The molecular formula is C17H14N2O3S. The van der Waals surface area contributed by atoms with Crippen molar-refractivity contribution in [1.29, 1.82) is 0 Å². The number of methoxy groups -OCH3 is 1. The highest BCUT2D eigenvalue weighted by Gasteiger charge is 2.13. The molecule has 23 heavy (non-hydrogen) atoms. The number of nitrogens with one attached hydrogen (secondary N) is 2. The minimum Gasteiger partial charge on any atom is -0.497 e. The van der Waals surface area contributed by atoms with E-state index in [0.29, 0.717) is 16.3 Å². The standard InChI is InChI=1S/C17H14N2O3S/c1-22-13-8-6-12(7-9-13)18-17(21)19-16(20)15-10-11-4-2-3-5-14(11)23-15/h2-10H,1H3,(H2,18,19,20,21). The zero-order valence-electron chi connectivity index (χ0n) is 12.3. The maximum atomic E-state index is 12.1. The van der Waals surface area contributed by atoms with Crippen molar-refractivity contribution in [2.75, 3.05) is 12.4 Å². The summed E-state index contributed by atoms with van der Waals surface area (Å²) in [5.41, 5.74) is 0.576. The zero-order valence-corrected chi connectivity index (χ0v) is 13.1. The van der Waals surface area contributed by atoms with Gasteiger partial charge in [0.05, 0.1) is 12.0 Å². The van der Waals surface area contributed by atoms with E-state index in [9.17, 15) is 9.59 Å². The topological polar surface area (TPSA) is 67.4 Å². The SMILES string of the molecule is COc1ccc(NC(=O)NC(=O)c2cc3ccccc3s2)cc1. The monoisotopic (exact) mass is 326 g/mol. The number of hydrogen-bond donors (Lipinski definition) is 2. The number of thiophene rings is 1. The van der Waals surface area contributed by atoms with Crippen molar-refractivity contribution in [3.63, 3.8) is 0 Å². The molecule has 0 bridgehead atoms. The molecule has 2 aromatic carbocycles. The smallest absolute Gasteiger partial charge is 0.326 e. The molecule has 3 amide bonds. The van der Waals surface area contributed by atoms with Crippen LogP contribution in [0.4, 0.5) is 10.5 Å². The van der Waals surface area contributed by atoms with Crippen LogP contribution in [-0.4, -0.2) is 19.0 Å². The number of carbonyl (C=O) groups excluding carboxylic acids is 2. The van der Waals surface area contributed by atoms with Crippen LogP contribution >= 0.6 is 11.3 Å². The lowest BCUT2D eigenvalue weighted by Gasteiger charge is -2.06. The van der Waals surface area contributed by atoms with Crippen molar-refractivity contribution < 1.29 is 14.3 Å². The molecule has 0 saturated carbocycles. The van der Waals surface area contributed by atoms with Crippen molar-refractivity contribution in [2.24, 2.45) is 0 Å². The highest BCUT2D eigenvalue weighted by molar-refractivity contribution is 7.20.